The number of pyridine rings is 1. The lowest BCUT2D eigenvalue weighted by molar-refractivity contribution is -0.142. The minimum Gasteiger partial charge on any atom is -0.467 e. The van der Waals surface area contributed by atoms with E-state index in [4.69, 9.17) is 0 Å². The summed E-state index contributed by atoms with van der Waals surface area (Å²) in [6.45, 7) is 0.357. The largest absolute Gasteiger partial charge is 0.467 e. The van der Waals surface area contributed by atoms with Gasteiger partial charge in [-0.2, -0.15) is 11.8 Å². The molecule has 0 aliphatic carbocycles. The molecule has 20 heavy (non-hydrogen) atoms. The summed E-state index contributed by atoms with van der Waals surface area (Å²) in [5, 5.41) is 5.29. The van der Waals surface area contributed by atoms with Crippen LogP contribution in [0.15, 0.2) is 24.5 Å². The number of rotatable bonds is 7. The van der Waals surface area contributed by atoms with Crippen molar-refractivity contribution in [2.24, 2.45) is 0 Å². The highest BCUT2D eigenvalue weighted by Crippen LogP contribution is 2.02. The zero-order valence-corrected chi connectivity index (χ0v) is 12.4. The van der Waals surface area contributed by atoms with E-state index in [1.54, 1.807) is 30.2 Å². The Kier molecular flexibility index (Phi) is 7.49. The molecule has 0 bridgehead atoms. The summed E-state index contributed by atoms with van der Waals surface area (Å²) in [5.74, 6) is 0.332. The summed E-state index contributed by atoms with van der Waals surface area (Å²) in [6, 6.07) is 2.63. The summed E-state index contributed by atoms with van der Waals surface area (Å²) >= 11 is 1.61. The Balaban J connectivity index is 2.43. The molecule has 1 aromatic heterocycles. The topological polar surface area (TPSA) is 80.3 Å². The van der Waals surface area contributed by atoms with Crippen LogP contribution in [0.25, 0.3) is 0 Å². The highest BCUT2D eigenvalue weighted by Gasteiger charge is 2.20. The summed E-state index contributed by atoms with van der Waals surface area (Å²) in [5.41, 5.74) is 0.890. The molecule has 0 radical (unpaired) electrons. The summed E-state index contributed by atoms with van der Waals surface area (Å²) < 4.78 is 4.67. The van der Waals surface area contributed by atoms with Crippen molar-refractivity contribution in [1.29, 1.82) is 0 Å². The van der Waals surface area contributed by atoms with Crippen molar-refractivity contribution in [3.8, 4) is 0 Å². The molecule has 1 unspecified atom stereocenters. The maximum atomic E-state index is 11.8. The van der Waals surface area contributed by atoms with Crippen LogP contribution in [0.2, 0.25) is 0 Å². The molecule has 7 heteroatoms. The van der Waals surface area contributed by atoms with Gasteiger partial charge in [-0.25, -0.2) is 9.59 Å². The first-order valence-electron chi connectivity index (χ1n) is 6.17. The number of urea groups is 1. The molecule has 1 atom stereocenters. The highest BCUT2D eigenvalue weighted by atomic mass is 32.2. The van der Waals surface area contributed by atoms with Gasteiger partial charge in [0.2, 0.25) is 0 Å². The Bertz CT molecular complexity index is 428. The second-order valence-corrected chi connectivity index (χ2v) is 5.03. The second kappa shape index (κ2) is 9.19. The minimum absolute atomic E-state index is 0.357. The van der Waals surface area contributed by atoms with E-state index in [9.17, 15) is 9.59 Å². The third-order valence-corrected chi connectivity index (χ3v) is 3.22. The molecule has 0 spiro atoms. The smallest absolute Gasteiger partial charge is 0.328 e. The monoisotopic (exact) mass is 297 g/mol. The zero-order valence-electron chi connectivity index (χ0n) is 11.6. The maximum absolute atomic E-state index is 11.8. The van der Waals surface area contributed by atoms with Gasteiger partial charge in [0.15, 0.2) is 0 Å². The number of thioether (sulfide) groups is 1. The Morgan fingerprint density at radius 2 is 2.30 bits per heavy atom. The van der Waals surface area contributed by atoms with Gasteiger partial charge in [0.1, 0.15) is 6.04 Å². The van der Waals surface area contributed by atoms with Crippen LogP contribution in [0.3, 0.4) is 0 Å². The van der Waals surface area contributed by atoms with Crippen molar-refractivity contribution in [3.05, 3.63) is 30.1 Å². The molecule has 0 saturated carbocycles. The standard InChI is InChI=1S/C13H19N3O3S/c1-19-12(17)11(5-7-20-2)16-13(18)15-9-10-4-3-6-14-8-10/h3-4,6,8,11H,5,7,9H2,1-2H3,(H2,15,16,18). The minimum atomic E-state index is -0.624. The van der Waals surface area contributed by atoms with Crippen molar-refractivity contribution in [2.45, 2.75) is 19.0 Å². The van der Waals surface area contributed by atoms with Crippen LogP contribution < -0.4 is 10.6 Å². The number of ether oxygens (including phenoxy) is 1. The molecule has 6 nitrogen and oxygen atoms in total. The van der Waals surface area contributed by atoms with E-state index in [-0.39, 0.29) is 0 Å². The lowest BCUT2D eigenvalue weighted by atomic mass is 10.2. The molecule has 0 aliphatic rings. The van der Waals surface area contributed by atoms with Gasteiger partial charge in [-0.3, -0.25) is 4.98 Å². The molecule has 2 amide bonds. The average molecular weight is 297 g/mol. The van der Waals surface area contributed by atoms with Crippen LogP contribution in [0.5, 0.6) is 0 Å². The molecule has 0 saturated heterocycles. The first-order valence-corrected chi connectivity index (χ1v) is 7.56. The molecule has 0 aliphatic heterocycles. The summed E-state index contributed by atoms with van der Waals surface area (Å²) in [4.78, 5) is 27.3. The van der Waals surface area contributed by atoms with Gasteiger partial charge in [0.25, 0.3) is 0 Å². The average Bonchev–Trinajstić information content (AvgIpc) is 2.49. The lowest BCUT2D eigenvalue weighted by Gasteiger charge is -2.16. The van der Waals surface area contributed by atoms with Gasteiger partial charge < -0.3 is 15.4 Å². The number of nitrogens with one attached hydrogen (secondary N) is 2. The van der Waals surface area contributed by atoms with Gasteiger partial charge in [-0.05, 0) is 30.1 Å². The first kappa shape index (κ1) is 16.3. The van der Waals surface area contributed by atoms with Crippen molar-refractivity contribution < 1.29 is 14.3 Å². The quantitative estimate of drug-likeness (QED) is 0.739. The van der Waals surface area contributed by atoms with Gasteiger partial charge in [0.05, 0.1) is 7.11 Å². The highest BCUT2D eigenvalue weighted by molar-refractivity contribution is 7.98. The van der Waals surface area contributed by atoms with E-state index in [0.29, 0.717) is 13.0 Å². The van der Waals surface area contributed by atoms with Crippen LogP contribution >= 0.6 is 11.8 Å². The molecule has 0 fully saturated rings. The molecule has 0 aromatic carbocycles. The van der Waals surface area contributed by atoms with Gasteiger partial charge in [-0.1, -0.05) is 6.07 Å². The number of hydrogen-bond acceptors (Lipinski definition) is 5. The molecule has 1 aromatic rings. The number of nitrogens with zero attached hydrogens (tertiary/aromatic N) is 1. The summed E-state index contributed by atoms with van der Waals surface area (Å²) in [7, 11) is 1.31. The van der Waals surface area contributed by atoms with Gasteiger partial charge in [-0.15, -0.1) is 0 Å². The number of methoxy groups -OCH3 is 1. The van der Waals surface area contributed by atoms with Gasteiger partial charge >= 0.3 is 12.0 Å². The van der Waals surface area contributed by atoms with E-state index >= 15 is 0 Å². The second-order valence-electron chi connectivity index (χ2n) is 4.05. The number of aromatic nitrogens is 1. The van der Waals surface area contributed by atoms with Crippen molar-refractivity contribution in [1.82, 2.24) is 15.6 Å². The molecular formula is C13H19N3O3S. The summed E-state index contributed by atoms with van der Waals surface area (Å²) in [6.07, 6.45) is 5.82. The Hall–Kier alpha value is -1.76. The van der Waals surface area contributed by atoms with E-state index in [1.807, 2.05) is 12.3 Å². The van der Waals surface area contributed by atoms with E-state index in [2.05, 4.69) is 20.4 Å². The third-order valence-electron chi connectivity index (χ3n) is 2.58. The van der Waals surface area contributed by atoms with Crippen molar-refractivity contribution in [3.63, 3.8) is 0 Å². The predicted molar refractivity (Wildman–Crippen MR) is 78.4 cm³/mol. The molecular weight excluding hydrogens is 278 g/mol. The Labute approximate surface area is 122 Å². The lowest BCUT2D eigenvalue weighted by Crippen LogP contribution is -2.46. The number of carbonyl (C=O) groups excluding carboxylic acids is 2. The fourth-order valence-corrected chi connectivity index (χ4v) is 1.99. The first-order chi connectivity index (χ1) is 9.67. The SMILES string of the molecule is COC(=O)C(CCSC)NC(=O)NCc1cccnc1. The van der Waals surface area contributed by atoms with Crippen LogP contribution in [0, 0.1) is 0 Å². The van der Waals surface area contributed by atoms with E-state index in [1.165, 1.54) is 7.11 Å². The fraction of sp³-hybridized carbons (Fsp3) is 0.462. The van der Waals surface area contributed by atoms with Crippen LogP contribution in [-0.4, -0.2) is 42.1 Å². The molecule has 1 rings (SSSR count). The zero-order chi connectivity index (χ0) is 14.8. The Morgan fingerprint density at radius 1 is 1.50 bits per heavy atom. The van der Waals surface area contributed by atoms with Crippen molar-refractivity contribution >= 4 is 23.8 Å². The fourth-order valence-electron chi connectivity index (χ4n) is 1.52. The maximum Gasteiger partial charge on any atom is 0.328 e. The number of amides is 2. The molecule has 2 N–H and O–H groups in total. The van der Waals surface area contributed by atoms with Crippen LogP contribution in [0.1, 0.15) is 12.0 Å². The number of esters is 1. The van der Waals surface area contributed by atoms with Crippen molar-refractivity contribution in [2.75, 3.05) is 19.1 Å². The Morgan fingerprint density at radius 3 is 2.90 bits per heavy atom. The van der Waals surface area contributed by atoms with E-state index < -0.39 is 18.0 Å². The molecule has 110 valence electrons. The molecule has 1 heterocycles. The van der Waals surface area contributed by atoms with Gasteiger partial charge in [0, 0.05) is 18.9 Å². The van der Waals surface area contributed by atoms with E-state index in [0.717, 1.165) is 11.3 Å². The third kappa shape index (κ3) is 5.92. The normalized spacial score (nSPS) is 11.5. The predicted octanol–water partition coefficient (Wildman–Crippen LogP) is 1.18. The number of hydrogen-bond donors (Lipinski definition) is 2. The van der Waals surface area contributed by atoms with Crippen LogP contribution in [0.4, 0.5) is 4.79 Å². The van der Waals surface area contributed by atoms with Crippen LogP contribution in [-0.2, 0) is 16.1 Å². The number of carbonyl (C=O) groups is 2.